The van der Waals surface area contributed by atoms with Gasteiger partial charge in [-0.3, -0.25) is 0 Å². The first-order valence-corrected chi connectivity index (χ1v) is 5.72. The summed E-state index contributed by atoms with van der Waals surface area (Å²) in [7, 11) is 0. The fourth-order valence-corrected chi connectivity index (χ4v) is 3.38. The number of allylic oxidation sites excluding steroid dienone is 1. The monoisotopic (exact) mass is 189 g/mol. The van der Waals surface area contributed by atoms with Crippen LogP contribution < -0.4 is 0 Å². The first-order valence-electron chi connectivity index (χ1n) is 5.72. The van der Waals surface area contributed by atoms with Crippen LogP contribution in [-0.2, 0) is 0 Å². The van der Waals surface area contributed by atoms with Gasteiger partial charge in [-0.15, -0.1) is 6.58 Å². The molecule has 0 saturated heterocycles. The number of fused-ring (bicyclic) bond motifs is 2. The van der Waals surface area contributed by atoms with E-state index in [9.17, 15) is 5.26 Å². The van der Waals surface area contributed by atoms with Crippen LogP contribution in [0.3, 0.4) is 0 Å². The summed E-state index contributed by atoms with van der Waals surface area (Å²) >= 11 is 0. The van der Waals surface area contributed by atoms with Crippen molar-refractivity contribution in [2.24, 2.45) is 17.3 Å². The Hall–Kier alpha value is -0.770. The van der Waals surface area contributed by atoms with Gasteiger partial charge in [-0.05, 0) is 50.9 Å². The van der Waals surface area contributed by atoms with Crippen LogP contribution in [0.4, 0.5) is 0 Å². The van der Waals surface area contributed by atoms with Gasteiger partial charge in [0.1, 0.15) is 0 Å². The quantitative estimate of drug-likeness (QED) is 0.621. The third-order valence-electron chi connectivity index (χ3n) is 4.20. The summed E-state index contributed by atoms with van der Waals surface area (Å²) in [6.45, 7) is 6.00. The SMILES string of the molecule is C=C(C)CCC1(C#N)CC2CCC1C2. The molecule has 14 heavy (non-hydrogen) atoms. The molecule has 1 heteroatoms. The lowest BCUT2D eigenvalue weighted by Crippen LogP contribution is -2.25. The van der Waals surface area contributed by atoms with Crippen molar-refractivity contribution in [3.05, 3.63) is 12.2 Å². The Balaban J connectivity index is 2.05. The molecule has 1 nitrogen and oxygen atoms in total. The van der Waals surface area contributed by atoms with Gasteiger partial charge in [0.15, 0.2) is 0 Å². The highest BCUT2D eigenvalue weighted by molar-refractivity contribution is 5.12. The van der Waals surface area contributed by atoms with E-state index in [0.717, 1.165) is 18.8 Å². The summed E-state index contributed by atoms with van der Waals surface area (Å²) in [6.07, 6.45) is 7.26. The van der Waals surface area contributed by atoms with E-state index < -0.39 is 0 Å². The van der Waals surface area contributed by atoms with Gasteiger partial charge in [0, 0.05) is 0 Å². The Morgan fingerprint density at radius 3 is 2.79 bits per heavy atom. The Morgan fingerprint density at radius 1 is 1.57 bits per heavy atom. The van der Waals surface area contributed by atoms with Gasteiger partial charge >= 0.3 is 0 Å². The van der Waals surface area contributed by atoms with Crippen LogP contribution in [0, 0.1) is 28.6 Å². The Kier molecular flexibility index (Phi) is 2.39. The maximum absolute atomic E-state index is 9.37. The highest BCUT2D eigenvalue weighted by atomic mass is 14.5. The van der Waals surface area contributed by atoms with Crippen molar-refractivity contribution >= 4 is 0 Å². The van der Waals surface area contributed by atoms with Gasteiger partial charge in [0.2, 0.25) is 0 Å². The Morgan fingerprint density at radius 2 is 2.36 bits per heavy atom. The smallest absolute Gasteiger partial charge is 0.0692 e. The van der Waals surface area contributed by atoms with Crippen LogP contribution in [0.15, 0.2) is 12.2 Å². The summed E-state index contributed by atoms with van der Waals surface area (Å²) in [5, 5.41) is 9.37. The summed E-state index contributed by atoms with van der Waals surface area (Å²) in [5.74, 6) is 1.57. The van der Waals surface area contributed by atoms with Crippen molar-refractivity contribution in [1.29, 1.82) is 5.26 Å². The molecule has 76 valence electrons. The molecule has 0 radical (unpaired) electrons. The minimum Gasteiger partial charge on any atom is -0.198 e. The van der Waals surface area contributed by atoms with Gasteiger partial charge in [-0.25, -0.2) is 0 Å². The molecule has 0 aromatic heterocycles. The molecule has 2 aliphatic carbocycles. The molecule has 2 fully saturated rings. The summed E-state index contributed by atoms with van der Waals surface area (Å²) < 4.78 is 0. The summed E-state index contributed by atoms with van der Waals surface area (Å²) in [4.78, 5) is 0. The lowest BCUT2D eigenvalue weighted by atomic mass is 9.71. The molecular weight excluding hydrogens is 170 g/mol. The lowest BCUT2D eigenvalue weighted by Gasteiger charge is -2.31. The van der Waals surface area contributed by atoms with E-state index in [2.05, 4.69) is 19.6 Å². The molecule has 0 aromatic rings. The third-order valence-corrected chi connectivity index (χ3v) is 4.20. The number of nitriles is 1. The zero-order valence-corrected chi connectivity index (χ0v) is 9.05. The zero-order chi connectivity index (χ0) is 10.2. The van der Waals surface area contributed by atoms with Gasteiger partial charge in [-0.2, -0.15) is 5.26 Å². The third kappa shape index (κ3) is 1.47. The topological polar surface area (TPSA) is 23.8 Å². The second kappa shape index (κ2) is 3.42. The van der Waals surface area contributed by atoms with E-state index in [1.54, 1.807) is 0 Å². The molecule has 0 aromatic carbocycles. The van der Waals surface area contributed by atoms with E-state index in [-0.39, 0.29) is 5.41 Å². The van der Waals surface area contributed by atoms with Crippen molar-refractivity contribution < 1.29 is 0 Å². The average molecular weight is 189 g/mol. The van der Waals surface area contributed by atoms with Crippen LogP contribution >= 0.6 is 0 Å². The molecule has 2 bridgehead atoms. The van der Waals surface area contributed by atoms with E-state index in [4.69, 9.17) is 0 Å². The van der Waals surface area contributed by atoms with Gasteiger partial charge in [-0.1, -0.05) is 12.0 Å². The Labute approximate surface area is 86.8 Å². The standard InChI is InChI=1S/C13H19N/c1-10(2)5-6-13(9-14)8-11-3-4-12(13)7-11/h11-12H,1,3-8H2,2H3. The predicted octanol–water partition coefficient (Wildman–Crippen LogP) is 3.67. The summed E-state index contributed by atoms with van der Waals surface area (Å²) in [6, 6.07) is 2.62. The van der Waals surface area contributed by atoms with Gasteiger partial charge < -0.3 is 0 Å². The minimum absolute atomic E-state index is 0.0296. The molecule has 2 rings (SSSR count). The van der Waals surface area contributed by atoms with Crippen LogP contribution in [0.1, 0.15) is 45.4 Å². The molecule has 0 N–H and O–H groups in total. The van der Waals surface area contributed by atoms with E-state index in [0.29, 0.717) is 5.92 Å². The molecular formula is C13H19N. The highest BCUT2D eigenvalue weighted by Crippen LogP contribution is 2.57. The van der Waals surface area contributed by atoms with Gasteiger partial charge in [0.05, 0.1) is 11.5 Å². The lowest BCUT2D eigenvalue weighted by molar-refractivity contribution is 0.223. The molecule has 0 aliphatic heterocycles. The largest absolute Gasteiger partial charge is 0.198 e. The molecule has 0 heterocycles. The van der Waals surface area contributed by atoms with Crippen LogP contribution in [-0.4, -0.2) is 0 Å². The normalized spacial score (nSPS) is 39.7. The molecule has 3 unspecified atom stereocenters. The zero-order valence-electron chi connectivity index (χ0n) is 9.05. The van der Waals surface area contributed by atoms with Crippen molar-refractivity contribution in [3.63, 3.8) is 0 Å². The van der Waals surface area contributed by atoms with E-state index in [1.165, 1.54) is 31.3 Å². The molecule has 2 saturated carbocycles. The number of nitrogens with zero attached hydrogens (tertiary/aromatic N) is 1. The van der Waals surface area contributed by atoms with Crippen molar-refractivity contribution in [1.82, 2.24) is 0 Å². The second-order valence-electron chi connectivity index (χ2n) is 5.31. The average Bonchev–Trinajstić information content (AvgIpc) is 2.74. The number of hydrogen-bond acceptors (Lipinski definition) is 1. The maximum Gasteiger partial charge on any atom is 0.0692 e. The molecule has 2 aliphatic rings. The van der Waals surface area contributed by atoms with Crippen molar-refractivity contribution in [2.45, 2.75) is 45.4 Å². The fraction of sp³-hybridized carbons (Fsp3) is 0.769. The maximum atomic E-state index is 9.37. The van der Waals surface area contributed by atoms with Crippen LogP contribution in [0.5, 0.6) is 0 Å². The predicted molar refractivity (Wildman–Crippen MR) is 57.5 cm³/mol. The molecule has 3 atom stereocenters. The number of rotatable bonds is 3. The first kappa shape index (κ1) is 9.77. The number of hydrogen-bond donors (Lipinski definition) is 0. The minimum atomic E-state index is 0.0296. The highest BCUT2D eigenvalue weighted by Gasteiger charge is 2.50. The summed E-state index contributed by atoms with van der Waals surface area (Å²) in [5.41, 5.74) is 1.25. The van der Waals surface area contributed by atoms with E-state index >= 15 is 0 Å². The van der Waals surface area contributed by atoms with Crippen molar-refractivity contribution in [2.75, 3.05) is 0 Å². The van der Waals surface area contributed by atoms with E-state index in [1.807, 2.05) is 0 Å². The Bertz CT molecular complexity index is 286. The fourth-order valence-electron chi connectivity index (χ4n) is 3.38. The van der Waals surface area contributed by atoms with Crippen LogP contribution in [0.25, 0.3) is 0 Å². The molecule has 0 amide bonds. The van der Waals surface area contributed by atoms with Gasteiger partial charge in [0.25, 0.3) is 0 Å². The second-order valence-corrected chi connectivity index (χ2v) is 5.31. The van der Waals surface area contributed by atoms with Crippen molar-refractivity contribution in [3.8, 4) is 6.07 Å². The first-order chi connectivity index (χ1) is 6.66. The molecule has 0 spiro atoms. The van der Waals surface area contributed by atoms with Crippen LogP contribution in [0.2, 0.25) is 0 Å².